The van der Waals surface area contributed by atoms with Gasteiger partial charge in [0.15, 0.2) is 6.10 Å². The number of amides is 6. The Kier molecular flexibility index (Phi) is 30.9. The Balaban J connectivity index is 1.23. The molecule has 2 aliphatic rings. The first kappa shape index (κ1) is 74.3. The van der Waals surface area contributed by atoms with E-state index >= 15 is 4.79 Å². The van der Waals surface area contributed by atoms with Gasteiger partial charge in [0.25, 0.3) is 5.91 Å². The van der Waals surface area contributed by atoms with Crippen LogP contribution in [0, 0.1) is 17.8 Å². The van der Waals surface area contributed by atoms with E-state index in [-0.39, 0.29) is 101 Å². The smallest absolute Gasteiger partial charge is 0.407 e. The Labute approximate surface area is 542 Å². The van der Waals surface area contributed by atoms with E-state index in [1.54, 1.807) is 44.2 Å². The third kappa shape index (κ3) is 23.3. The maximum Gasteiger partial charge on any atom is 0.407 e. The third-order valence-electron chi connectivity index (χ3n) is 16.8. The first-order chi connectivity index (χ1) is 43.4. The van der Waals surface area contributed by atoms with Gasteiger partial charge in [-0.1, -0.05) is 138 Å². The minimum Gasteiger partial charge on any atom is -0.456 e. The van der Waals surface area contributed by atoms with Gasteiger partial charge in [0, 0.05) is 56.4 Å². The number of fused-ring (bicyclic) bond motifs is 3. The molecule has 1 heterocycles. The van der Waals surface area contributed by atoms with Gasteiger partial charge in [0.05, 0.1) is 33.0 Å². The summed E-state index contributed by atoms with van der Waals surface area (Å²) >= 11 is 6.26. The number of benzene rings is 3. The number of cyclic esters (lactones) is 2. The number of nitrogens with one attached hydrogen (secondary N) is 4. The summed E-state index contributed by atoms with van der Waals surface area (Å²) in [5.74, 6) is -5.50. The molecule has 6 amide bonds. The predicted molar refractivity (Wildman–Crippen MR) is 348 cm³/mol. The maximum atomic E-state index is 15.0. The minimum absolute atomic E-state index is 0.0201. The average Bonchev–Trinajstić information content (AvgIpc) is 1.65. The zero-order valence-electron chi connectivity index (χ0n) is 55.1. The summed E-state index contributed by atoms with van der Waals surface area (Å²) in [7, 11) is 2.85. The SMILES string of the molecule is C/C=C(\C)[C@H]1OC(=O)[C@@H](C)NC(=O)[C@H]([C@H](C)CC)NC(=O)CN(C)C(=O)[C@@H](Cc2ccc(Cl)cc2)N(C)C(=O)[C@H](CCCCCC(=O)CCOCCOCCNC(=O)OCC2c3ccccc3-c3ccccc32)NC(=O)[C@@H](CC(C)C)OC(=O)/C(C)=C/CC[C@@H]1C. The number of Topliss-reactive ketones (excluding diaryl/α,β-unsaturated/α-hetero) is 1. The summed E-state index contributed by atoms with van der Waals surface area (Å²) in [5, 5.41) is 11.5. The standard InChI is InChI=1S/C70H97ClN6O14/c1-12-45(5)62-65(81)73-49(9)69(85)91-63(46(6)13-2)47(7)22-21-23-48(8)68(84)90-60(40-44(3)4)64(80)74-58(66(82)77(11)59(41-50-30-32-51(71)33-31-50)67(83)76(10)42-61(79)75-62)29-16-14-15-24-52(78)34-36-87-38-39-88-37-35-72-70(86)89-43-57-55-27-19-17-25-53(55)54-26-18-20-28-56(54)57/h13,17-20,23,25-28,30-33,44-45,47,49,57-60,62-63H,12,14-16,21-22,24,29,34-43H2,1-11H3,(H,72,86)(H,73,81)(H,74,80)(H,75,79)/b46-13+,48-23+/t45-,47+,49-,58+,59-,60-,62+,63-/m1/s1. The molecule has 0 aromatic heterocycles. The van der Waals surface area contributed by atoms with E-state index in [2.05, 4.69) is 45.5 Å². The molecule has 3 aromatic rings. The Hall–Kier alpha value is -7.42. The molecule has 0 radical (unpaired) electrons. The first-order valence-electron chi connectivity index (χ1n) is 32.1. The molecular formula is C70H97ClN6O14. The second-order valence-corrected chi connectivity index (χ2v) is 24.9. The maximum absolute atomic E-state index is 15.0. The van der Waals surface area contributed by atoms with Crippen LogP contribution in [0.25, 0.3) is 11.1 Å². The number of unbranched alkanes of at least 4 members (excludes halogenated alkanes) is 2. The number of halogens is 1. The first-order valence-corrected chi connectivity index (χ1v) is 32.4. The van der Waals surface area contributed by atoms with Crippen molar-refractivity contribution in [2.24, 2.45) is 17.8 Å². The number of hydrogen-bond donors (Lipinski definition) is 4. The van der Waals surface area contributed by atoms with Gasteiger partial charge in [-0.3, -0.25) is 28.8 Å². The molecular weight excluding hydrogens is 1180 g/mol. The Bertz CT molecular complexity index is 2960. The largest absolute Gasteiger partial charge is 0.456 e. The van der Waals surface area contributed by atoms with E-state index in [0.717, 1.165) is 32.7 Å². The number of ketones is 1. The summed E-state index contributed by atoms with van der Waals surface area (Å²) < 4.78 is 28.8. The highest BCUT2D eigenvalue weighted by Crippen LogP contribution is 2.44. The Morgan fingerprint density at radius 3 is 2.08 bits per heavy atom. The average molecular weight is 1280 g/mol. The van der Waals surface area contributed by atoms with Crippen LogP contribution in [0.5, 0.6) is 0 Å². The van der Waals surface area contributed by atoms with Gasteiger partial charge in [-0.25, -0.2) is 14.4 Å². The van der Waals surface area contributed by atoms with Crippen LogP contribution in [0.4, 0.5) is 4.79 Å². The second kappa shape index (κ2) is 37.8. The lowest BCUT2D eigenvalue weighted by Gasteiger charge is -2.34. The van der Waals surface area contributed by atoms with Gasteiger partial charge in [-0.2, -0.15) is 0 Å². The summed E-state index contributed by atoms with van der Waals surface area (Å²) in [6.07, 6.45) is 4.34. The lowest BCUT2D eigenvalue weighted by atomic mass is 9.93. The van der Waals surface area contributed by atoms with Gasteiger partial charge in [-0.05, 0) is 123 Å². The van der Waals surface area contributed by atoms with E-state index in [0.29, 0.717) is 49.1 Å². The molecule has 8 atom stereocenters. The van der Waals surface area contributed by atoms with Crippen molar-refractivity contribution >= 4 is 65.0 Å². The lowest BCUT2D eigenvalue weighted by Crippen LogP contribution is -2.58. The molecule has 498 valence electrons. The lowest BCUT2D eigenvalue weighted by molar-refractivity contribution is -0.154. The van der Waals surface area contributed by atoms with Crippen LogP contribution in [0.2, 0.25) is 5.02 Å². The molecule has 0 saturated carbocycles. The van der Waals surface area contributed by atoms with Crippen molar-refractivity contribution in [1.29, 1.82) is 0 Å². The monoisotopic (exact) mass is 1280 g/mol. The molecule has 20 nitrogen and oxygen atoms in total. The second-order valence-electron chi connectivity index (χ2n) is 24.4. The van der Waals surface area contributed by atoms with Crippen LogP contribution in [0.1, 0.15) is 149 Å². The number of nitrogens with zero attached hydrogens (tertiary/aromatic N) is 2. The van der Waals surface area contributed by atoms with Crippen molar-refractivity contribution in [3.8, 4) is 11.1 Å². The molecule has 0 unspecified atom stereocenters. The number of rotatable bonds is 24. The van der Waals surface area contributed by atoms with Crippen molar-refractivity contribution in [2.75, 3.05) is 60.2 Å². The summed E-state index contributed by atoms with van der Waals surface area (Å²) in [4.78, 5) is 128. The van der Waals surface area contributed by atoms with Crippen LogP contribution in [0.15, 0.2) is 96.1 Å². The topological polar surface area (TPSA) is 254 Å². The van der Waals surface area contributed by atoms with Crippen molar-refractivity contribution < 1.29 is 66.8 Å². The number of carbonyl (C=O) groups excluding carboxylic acids is 9. The van der Waals surface area contributed by atoms with Gasteiger partial charge in [0.2, 0.25) is 23.6 Å². The minimum atomic E-state index is -1.31. The molecule has 0 saturated heterocycles. The Morgan fingerprint density at radius 1 is 0.791 bits per heavy atom. The summed E-state index contributed by atoms with van der Waals surface area (Å²) in [6.45, 7) is 16.9. The van der Waals surface area contributed by atoms with E-state index in [1.807, 2.05) is 71.9 Å². The van der Waals surface area contributed by atoms with Crippen LogP contribution >= 0.6 is 11.6 Å². The molecule has 91 heavy (non-hydrogen) atoms. The molecule has 0 spiro atoms. The van der Waals surface area contributed by atoms with Crippen LogP contribution in [0.3, 0.4) is 0 Å². The highest BCUT2D eigenvalue weighted by Gasteiger charge is 2.38. The fourth-order valence-electron chi connectivity index (χ4n) is 11.0. The van der Waals surface area contributed by atoms with Gasteiger partial charge in [0.1, 0.15) is 42.7 Å². The van der Waals surface area contributed by atoms with Gasteiger partial charge in [-0.15, -0.1) is 0 Å². The molecule has 4 N–H and O–H groups in total. The number of alkyl carbamates (subject to hydrolysis) is 1. The molecule has 1 aliphatic carbocycles. The fraction of sp³-hybridized carbons (Fsp3) is 0.557. The number of hydrogen-bond acceptors (Lipinski definition) is 14. The third-order valence-corrected chi connectivity index (χ3v) is 17.1. The number of esters is 2. The van der Waals surface area contributed by atoms with Crippen molar-refractivity contribution in [3.63, 3.8) is 0 Å². The summed E-state index contributed by atoms with van der Waals surface area (Å²) in [6, 6.07) is 18.3. The quantitative estimate of drug-likeness (QED) is 0.0282. The zero-order valence-corrected chi connectivity index (χ0v) is 55.8. The highest BCUT2D eigenvalue weighted by molar-refractivity contribution is 6.30. The summed E-state index contributed by atoms with van der Waals surface area (Å²) in [5.41, 5.74) is 6.22. The number of allylic oxidation sites excluding steroid dienone is 2. The molecule has 3 aromatic carbocycles. The number of carbonyl (C=O) groups is 9. The van der Waals surface area contributed by atoms with E-state index < -0.39 is 96.4 Å². The van der Waals surface area contributed by atoms with Gasteiger partial charge < -0.3 is 54.8 Å². The van der Waals surface area contributed by atoms with Crippen LogP contribution < -0.4 is 21.3 Å². The number of likely N-dealkylation sites (N-methyl/N-ethyl adjacent to an activating group) is 2. The Morgan fingerprint density at radius 2 is 1.44 bits per heavy atom. The molecule has 0 bridgehead atoms. The molecule has 1 aliphatic heterocycles. The van der Waals surface area contributed by atoms with E-state index in [4.69, 9.17) is 35.3 Å². The van der Waals surface area contributed by atoms with Crippen LogP contribution in [-0.4, -0.2) is 160 Å². The normalized spacial score (nSPS) is 22.4. The van der Waals surface area contributed by atoms with Crippen molar-refractivity contribution in [1.82, 2.24) is 31.1 Å². The van der Waals surface area contributed by atoms with Crippen LogP contribution in [-0.2, 0) is 68.5 Å². The molecule has 5 rings (SSSR count). The van der Waals surface area contributed by atoms with E-state index in [1.165, 1.54) is 25.9 Å². The van der Waals surface area contributed by atoms with Gasteiger partial charge >= 0.3 is 18.0 Å². The molecule has 21 heteroatoms. The highest BCUT2D eigenvalue weighted by atomic mass is 35.5. The van der Waals surface area contributed by atoms with Crippen molar-refractivity contribution in [2.45, 2.75) is 175 Å². The van der Waals surface area contributed by atoms with Crippen molar-refractivity contribution in [3.05, 3.63) is 118 Å². The molecule has 0 fully saturated rings. The van der Waals surface area contributed by atoms with E-state index in [9.17, 15) is 38.4 Å². The number of ether oxygens (including phenoxy) is 5. The zero-order chi connectivity index (χ0) is 66.7. The fourth-order valence-corrected chi connectivity index (χ4v) is 11.2. The predicted octanol–water partition coefficient (Wildman–Crippen LogP) is 9.38.